The van der Waals surface area contributed by atoms with Crippen LogP contribution in [-0.2, 0) is 16.0 Å². The molecule has 0 spiro atoms. The highest BCUT2D eigenvalue weighted by Crippen LogP contribution is 2.14. The minimum atomic E-state index is -0.683. The molecule has 0 aliphatic heterocycles. The van der Waals surface area contributed by atoms with Gasteiger partial charge in [-0.2, -0.15) is 0 Å². The first-order chi connectivity index (χ1) is 12.0. The highest BCUT2D eigenvalue weighted by atomic mass is 19.1. The Morgan fingerprint density at radius 1 is 1.08 bits per heavy atom. The van der Waals surface area contributed by atoms with Crippen LogP contribution in [0.1, 0.15) is 22.8 Å². The summed E-state index contributed by atoms with van der Waals surface area (Å²) in [5.41, 5.74) is 1.35. The average Bonchev–Trinajstić information content (AvgIpc) is 2.63. The lowest BCUT2D eigenvalue weighted by molar-refractivity contribution is -0.127. The third-order valence-corrected chi connectivity index (χ3v) is 3.58. The number of benzene rings is 2. The van der Waals surface area contributed by atoms with Crippen molar-refractivity contribution in [3.05, 3.63) is 65.5 Å². The molecule has 5 nitrogen and oxygen atoms in total. The number of carbonyl (C=O) groups excluding carboxylic acids is 2. The van der Waals surface area contributed by atoms with Crippen LogP contribution in [0.2, 0.25) is 0 Å². The number of amides is 1. The van der Waals surface area contributed by atoms with Gasteiger partial charge in [-0.25, -0.2) is 9.18 Å². The molecule has 2 rings (SSSR count). The van der Waals surface area contributed by atoms with Gasteiger partial charge < -0.3 is 14.8 Å². The first kappa shape index (κ1) is 18.4. The van der Waals surface area contributed by atoms with E-state index in [2.05, 4.69) is 10.1 Å². The maximum atomic E-state index is 12.8. The van der Waals surface area contributed by atoms with Crippen molar-refractivity contribution in [1.82, 2.24) is 5.32 Å². The number of ether oxygens (including phenoxy) is 2. The van der Waals surface area contributed by atoms with E-state index in [0.29, 0.717) is 24.3 Å². The minimum Gasteiger partial charge on any atom is -0.481 e. The number of rotatable bonds is 7. The summed E-state index contributed by atoms with van der Waals surface area (Å²) < 4.78 is 23.0. The molecule has 0 unspecified atom stereocenters. The molecular weight excluding hydrogens is 325 g/mol. The Hall–Kier alpha value is -2.89. The fourth-order valence-corrected chi connectivity index (χ4v) is 2.17. The summed E-state index contributed by atoms with van der Waals surface area (Å²) in [5.74, 6) is -0.487. The van der Waals surface area contributed by atoms with Crippen molar-refractivity contribution < 1.29 is 23.5 Å². The second kappa shape index (κ2) is 8.82. The molecule has 0 aromatic heterocycles. The molecule has 1 N–H and O–H groups in total. The monoisotopic (exact) mass is 345 g/mol. The summed E-state index contributed by atoms with van der Waals surface area (Å²) in [6.45, 7) is 2.07. The van der Waals surface area contributed by atoms with Gasteiger partial charge in [-0.1, -0.05) is 12.1 Å². The molecule has 0 fully saturated rings. The van der Waals surface area contributed by atoms with E-state index in [1.165, 1.54) is 19.2 Å². The molecule has 1 amide bonds. The van der Waals surface area contributed by atoms with Gasteiger partial charge in [-0.15, -0.1) is 0 Å². The van der Waals surface area contributed by atoms with Crippen molar-refractivity contribution in [2.45, 2.75) is 19.4 Å². The third kappa shape index (κ3) is 5.60. The number of hydrogen-bond acceptors (Lipinski definition) is 4. The van der Waals surface area contributed by atoms with Crippen LogP contribution in [0.15, 0.2) is 48.5 Å². The van der Waals surface area contributed by atoms with E-state index in [-0.39, 0.29) is 11.7 Å². The summed E-state index contributed by atoms with van der Waals surface area (Å²) in [5, 5.41) is 2.77. The normalized spacial score (nSPS) is 11.5. The molecule has 2 aromatic carbocycles. The van der Waals surface area contributed by atoms with Gasteiger partial charge in [0.1, 0.15) is 11.6 Å². The molecule has 0 aliphatic rings. The SMILES string of the molecule is COC(=O)c1ccc(O[C@@H](C)C(=O)NCCc2ccc(F)cc2)cc1. The molecule has 25 heavy (non-hydrogen) atoms. The van der Waals surface area contributed by atoms with E-state index in [0.717, 1.165) is 5.56 Å². The van der Waals surface area contributed by atoms with Crippen LogP contribution in [0, 0.1) is 5.82 Å². The van der Waals surface area contributed by atoms with E-state index in [9.17, 15) is 14.0 Å². The van der Waals surface area contributed by atoms with Gasteiger partial charge in [0.15, 0.2) is 6.10 Å². The fourth-order valence-electron chi connectivity index (χ4n) is 2.17. The Morgan fingerprint density at radius 2 is 1.72 bits per heavy atom. The summed E-state index contributed by atoms with van der Waals surface area (Å²) in [7, 11) is 1.31. The number of hydrogen-bond donors (Lipinski definition) is 1. The van der Waals surface area contributed by atoms with Crippen LogP contribution < -0.4 is 10.1 Å². The van der Waals surface area contributed by atoms with Gasteiger partial charge in [-0.3, -0.25) is 4.79 Å². The van der Waals surface area contributed by atoms with E-state index >= 15 is 0 Å². The van der Waals surface area contributed by atoms with E-state index in [1.807, 2.05) is 0 Å². The summed E-state index contributed by atoms with van der Waals surface area (Å²) in [6.07, 6.45) is -0.0794. The number of nitrogens with one attached hydrogen (secondary N) is 1. The molecule has 0 radical (unpaired) electrons. The van der Waals surface area contributed by atoms with Crippen molar-refractivity contribution in [3.8, 4) is 5.75 Å². The predicted molar refractivity (Wildman–Crippen MR) is 91.0 cm³/mol. The van der Waals surface area contributed by atoms with Gasteiger partial charge in [0.25, 0.3) is 5.91 Å². The van der Waals surface area contributed by atoms with E-state index < -0.39 is 12.1 Å². The summed E-state index contributed by atoms with van der Waals surface area (Å²) in [6, 6.07) is 12.5. The van der Waals surface area contributed by atoms with Crippen molar-refractivity contribution in [1.29, 1.82) is 0 Å². The molecule has 0 saturated carbocycles. The van der Waals surface area contributed by atoms with E-state index in [1.54, 1.807) is 43.3 Å². The third-order valence-electron chi connectivity index (χ3n) is 3.58. The number of methoxy groups -OCH3 is 1. The first-order valence-corrected chi connectivity index (χ1v) is 7.87. The van der Waals surface area contributed by atoms with Gasteiger partial charge in [0, 0.05) is 6.54 Å². The Labute approximate surface area is 145 Å². The molecule has 0 bridgehead atoms. The quantitative estimate of drug-likeness (QED) is 0.784. The largest absolute Gasteiger partial charge is 0.481 e. The zero-order chi connectivity index (χ0) is 18.2. The Balaban J connectivity index is 1.79. The van der Waals surface area contributed by atoms with Crippen LogP contribution in [-0.4, -0.2) is 31.6 Å². The van der Waals surface area contributed by atoms with Crippen LogP contribution in [0.4, 0.5) is 4.39 Å². The number of esters is 1. The van der Waals surface area contributed by atoms with Crippen molar-refractivity contribution >= 4 is 11.9 Å². The highest BCUT2D eigenvalue weighted by molar-refractivity contribution is 5.89. The van der Waals surface area contributed by atoms with Gasteiger partial charge in [0.2, 0.25) is 0 Å². The lowest BCUT2D eigenvalue weighted by atomic mass is 10.1. The first-order valence-electron chi connectivity index (χ1n) is 7.87. The Bertz CT molecular complexity index is 713. The fraction of sp³-hybridized carbons (Fsp3) is 0.263. The molecule has 0 aliphatic carbocycles. The zero-order valence-electron chi connectivity index (χ0n) is 14.1. The maximum absolute atomic E-state index is 12.8. The van der Waals surface area contributed by atoms with Crippen molar-refractivity contribution in [2.24, 2.45) is 0 Å². The van der Waals surface area contributed by atoms with Gasteiger partial charge in [0.05, 0.1) is 12.7 Å². The minimum absolute atomic E-state index is 0.251. The van der Waals surface area contributed by atoms with Crippen molar-refractivity contribution in [3.63, 3.8) is 0 Å². The zero-order valence-corrected chi connectivity index (χ0v) is 14.1. The highest BCUT2D eigenvalue weighted by Gasteiger charge is 2.14. The van der Waals surface area contributed by atoms with Crippen LogP contribution in [0.5, 0.6) is 5.75 Å². The lowest BCUT2D eigenvalue weighted by Gasteiger charge is -2.15. The van der Waals surface area contributed by atoms with E-state index in [4.69, 9.17) is 4.74 Å². The molecule has 0 heterocycles. The van der Waals surface area contributed by atoms with Crippen LogP contribution in [0.25, 0.3) is 0 Å². The molecule has 132 valence electrons. The van der Waals surface area contributed by atoms with Gasteiger partial charge in [-0.05, 0) is 55.3 Å². The smallest absolute Gasteiger partial charge is 0.337 e. The second-order valence-corrected chi connectivity index (χ2v) is 5.44. The number of carbonyl (C=O) groups is 2. The second-order valence-electron chi connectivity index (χ2n) is 5.44. The number of halogens is 1. The predicted octanol–water partition coefficient (Wildman–Crippen LogP) is 2.74. The molecular formula is C19H20FNO4. The summed E-state index contributed by atoms with van der Waals surface area (Å²) >= 11 is 0. The molecule has 1 atom stereocenters. The standard InChI is InChI=1S/C19H20FNO4/c1-13(25-17-9-5-15(6-10-17)19(23)24-2)18(22)21-12-11-14-3-7-16(20)8-4-14/h3-10,13H,11-12H2,1-2H3,(H,21,22)/t13-/m0/s1. The lowest BCUT2D eigenvalue weighted by Crippen LogP contribution is -2.37. The molecule has 6 heteroatoms. The van der Waals surface area contributed by atoms with Crippen LogP contribution in [0.3, 0.4) is 0 Å². The summed E-state index contributed by atoms with van der Waals surface area (Å²) in [4.78, 5) is 23.4. The van der Waals surface area contributed by atoms with Gasteiger partial charge >= 0.3 is 5.97 Å². The molecule has 2 aromatic rings. The Morgan fingerprint density at radius 3 is 2.32 bits per heavy atom. The Kier molecular flexibility index (Phi) is 6.51. The average molecular weight is 345 g/mol. The topological polar surface area (TPSA) is 64.6 Å². The van der Waals surface area contributed by atoms with Crippen LogP contribution >= 0.6 is 0 Å². The molecule has 0 saturated heterocycles. The van der Waals surface area contributed by atoms with Crippen molar-refractivity contribution in [2.75, 3.05) is 13.7 Å². The maximum Gasteiger partial charge on any atom is 0.337 e.